The Bertz CT molecular complexity index is 331. The predicted molar refractivity (Wildman–Crippen MR) is 69.3 cm³/mol. The summed E-state index contributed by atoms with van der Waals surface area (Å²) in [5, 5.41) is 11.6. The summed E-state index contributed by atoms with van der Waals surface area (Å²) in [5.74, 6) is 0.283. The first-order chi connectivity index (χ1) is 8.25. The minimum absolute atomic E-state index is 0.144. The highest BCUT2D eigenvalue weighted by molar-refractivity contribution is 6.28. The number of hydrogen-bond donors (Lipinski definition) is 0. The SMILES string of the molecule is CCCCCCCCOc1cccc(Cl)[n+]1[O-]. The first-order valence-corrected chi connectivity index (χ1v) is 6.64. The molecule has 4 heteroatoms. The maximum atomic E-state index is 11.4. The van der Waals surface area contributed by atoms with Crippen LogP contribution in [0.5, 0.6) is 5.88 Å². The van der Waals surface area contributed by atoms with Gasteiger partial charge in [-0.1, -0.05) is 39.0 Å². The smallest absolute Gasteiger partial charge is 0.380 e. The number of rotatable bonds is 8. The van der Waals surface area contributed by atoms with E-state index in [9.17, 15) is 5.21 Å². The van der Waals surface area contributed by atoms with E-state index >= 15 is 0 Å². The van der Waals surface area contributed by atoms with E-state index in [-0.39, 0.29) is 11.0 Å². The van der Waals surface area contributed by atoms with E-state index in [0.29, 0.717) is 11.3 Å². The Morgan fingerprint density at radius 2 is 1.88 bits per heavy atom. The summed E-state index contributed by atoms with van der Waals surface area (Å²) >= 11 is 5.68. The molecule has 0 amide bonds. The van der Waals surface area contributed by atoms with Gasteiger partial charge in [0.15, 0.2) is 0 Å². The summed E-state index contributed by atoms with van der Waals surface area (Å²) in [6.07, 6.45) is 7.22. The second-order valence-corrected chi connectivity index (χ2v) is 4.48. The molecule has 0 saturated heterocycles. The van der Waals surface area contributed by atoms with Crippen molar-refractivity contribution in [2.45, 2.75) is 45.4 Å². The number of pyridine rings is 1. The fourth-order valence-corrected chi connectivity index (χ4v) is 1.77. The van der Waals surface area contributed by atoms with Gasteiger partial charge in [-0.3, -0.25) is 0 Å². The Balaban J connectivity index is 2.16. The fourth-order valence-electron chi connectivity index (χ4n) is 1.62. The molecular formula is C13H20ClNO2. The lowest BCUT2D eigenvalue weighted by Gasteiger charge is -2.06. The number of nitrogens with zero attached hydrogens (tertiary/aromatic N) is 1. The van der Waals surface area contributed by atoms with Crippen LogP contribution in [0.4, 0.5) is 0 Å². The lowest BCUT2D eigenvalue weighted by atomic mass is 10.1. The highest BCUT2D eigenvalue weighted by Crippen LogP contribution is 2.10. The van der Waals surface area contributed by atoms with Crippen LogP contribution in [-0.2, 0) is 0 Å². The Morgan fingerprint density at radius 3 is 2.65 bits per heavy atom. The summed E-state index contributed by atoms with van der Waals surface area (Å²) < 4.78 is 6.00. The molecule has 1 rings (SSSR count). The molecule has 0 bridgehead atoms. The number of unbranched alkanes of at least 4 members (excludes halogenated alkanes) is 5. The molecule has 0 saturated carbocycles. The van der Waals surface area contributed by atoms with Crippen molar-refractivity contribution in [2.24, 2.45) is 0 Å². The molecule has 0 aromatic carbocycles. The van der Waals surface area contributed by atoms with Crippen LogP contribution in [0.1, 0.15) is 45.4 Å². The number of hydrogen-bond acceptors (Lipinski definition) is 2. The molecule has 1 aromatic heterocycles. The maximum Gasteiger partial charge on any atom is 0.380 e. The minimum atomic E-state index is 0.144. The van der Waals surface area contributed by atoms with Crippen LogP contribution in [0.25, 0.3) is 0 Å². The molecular weight excluding hydrogens is 238 g/mol. The summed E-state index contributed by atoms with van der Waals surface area (Å²) in [4.78, 5) is 0. The zero-order valence-corrected chi connectivity index (χ0v) is 11.1. The molecule has 0 fully saturated rings. The van der Waals surface area contributed by atoms with Crippen molar-refractivity contribution < 1.29 is 9.47 Å². The van der Waals surface area contributed by atoms with Crippen molar-refractivity contribution in [3.05, 3.63) is 28.6 Å². The Kier molecular flexibility index (Phi) is 6.78. The van der Waals surface area contributed by atoms with Crippen LogP contribution in [0.3, 0.4) is 0 Å². The van der Waals surface area contributed by atoms with Gasteiger partial charge in [-0.25, -0.2) is 0 Å². The highest BCUT2D eigenvalue weighted by Gasteiger charge is 2.08. The van der Waals surface area contributed by atoms with Gasteiger partial charge in [-0.2, -0.15) is 0 Å². The van der Waals surface area contributed by atoms with Gasteiger partial charge >= 0.3 is 5.88 Å². The lowest BCUT2D eigenvalue weighted by molar-refractivity contribution is -0.610. The highest BCUT2D eigenvalue weighted by atomic mass is 35.5. The topological polar surface area (TPSA) is 36.2 Å². The van der Waals surface area contributed by atoms with E-state index in [2.05, 4.69) is 6.92 Å². The third kappa shape index (κ3) is 5.26. The number of aromatic nitrogens is 1. The Hall–Kier alpha value is -0.960. The largest absolute Gasteiger partial charge is 0.615 e. The third-order valence-corrected chi connectivity index (χ3v) is 2.89. The van der Waals surface area contributed by atoms with Crippen molar-refractivity contribution in [2.75, 3.05) is 6.61 Å². The van der Waals surface area contributed by atoms with Crippen molar-refractivity contribution in [1.29, 1.82) is 0 Å². The number of ether oxygens (including phenoxy) is 1. The van der Waals surface area contributed by atoms with Crippen LogP contribution in [-0.4, -0.2) is 6.61 Å². The van der Waals surface area contributed by atoms with Crippen molar-refractivity contribution in [3.63, 3.8) is 0 Å². The van der Waals surface area contributed by atoms with E-state index in [4.69, 9.17) is 16.3 Å². The third-order valence-electron chi connectivity index (χ3n) is 2.61. The van der Waals surface area contributed by atoms with Gasteiger partial charge in [-0.05, 0) is 24.1 Å². The molecule has 0 aliphatic carbocycles. The van der Waals surface area contributed by atoms with Crippen LogP contribution in [0.2, 0.25) is 5.15 Å². The van der Waals surface area contributed by atoms with Crippen molar-refractivity contribution >= 4 is 11.6 Å². The quantitative estimate of drug-likeness (QED) is 0.308. The normalized spacial score (nSPS) is 10.5. The predicted octanol–water partition coefficient (Wildman–Crippen LogP) is 3.71. The summed E-state index contributed by atoms with van der Waals surface area (Å²) in [6.45, 7) is 2.78. The molecule has 3 nitrogen and oxygen atoms in total. The van der Waals surface area contributed by atoms with Gasteiger partial charge in [0.2, 0.25) is 0 Å². The molecule has 0 N–H and O–H groups in total. The van der Waals surface area contributed by atoms with E-state index in [1.54, 1.807) is 18.2 Å². The summed E-state index contributed by atoms with van der Waals surface area (Å²) in [5.41, 5.74) is 0. The number of halogens is 1. The van der Waals surface area contributed by atoms with Crippen LogP contribution < -0.4 is 9.47 Å². The van der Waals surface area contributed by atoms with E-state index < -0.39 is 0 Å². The molecule has 1 aromatic rings. The van der Waals surface area contributed by atoms with E-state index in [1.165, 1.54) is 25.7 Å². The summed E-state index contributed by atoms with van der Waals surface area (Å²) in [7, 11) is 0. The standard InChI is InChI=1S/C13H20ClNO2/c1-2-3-4-5-6-7-11-17-13-10-8-9-12(14)15(13)16/h8-10H,2-7,11H2,1H3. The minimum Gasteiger partial charge on any atom is -0.615 e. The lowest BCUT2D eigenvalue weighted by Crippen LogP contribution is -2.30. The second-order valence-electron chi connectivity index (χ2n) is 4.10. The maximum absolute atomic E-state index is 11.4. The molecule has 0 radical (unpaired) electrons. The molecule has 0 aliphatic rings. The average molecular weight is 258 g/mol. The van der Waals surface area contributed by atoms with E-state index in [0.717, 1.165) is 12.8 Å². The van der Waals surface area contributed by atoms with Crippen LogP contribution >= 0.6 is 11.6 Å². The van der Waals surface area contributed by atoms with Crippen LogP contribution in [0.15, 0.2) is 18.2 Å². The first kappa shape index (κ1) is 14.1. The fraction of sp³-hybridized carbons (Fsp3) is 0.615. The zero-order valence-electron chi connectivity index (χ0n) is 10.3. The summed E-state index contributed by atoms with van der Waals surface area (Å²) in [6, 6.07) is 4.90. The van der Waals surface area contributed by atoms with Crippen molar-refractivity contribution in [1.82, 2.24) is 0 Å². The van der Waals surface area contributed by atoms with Gasteiger partial charge in [0.1, 0.15) is 0 Å². The molecule has 17 heavy (non-hydrogen) atoms. The van der Waals surface area contributed by atoms with Gasteiger partial charge in [-0.15, -0.1) is 4.73 Å². The van der Waals surface area contributed by atoms with Crippen molar-refractivity contribution in [3.8, 4) is 5.88 Å². The Labute approximate surface area is 108 Å². The molecule has 0 atom stereocenters. The first-order valence-electron chi connectivity index (χ1n) is 6.26. The Morgan fingerprint density at radius 1 is 1.18 bits per heavy atom. The second kappa shape index (κ2) is 8.18. The average Bonchev–Trinajstić information content (AvgIpc) is 2.33. The molecule has 0 aliphatic heterocycles. The molecule has 0 unspecified atom stereocenters. The van der Waals surface area contributed by atoms with Gasteiger partial charge < -0.3 is 9.94 Å². The van der Waals surface area contributed by atoms with Crippen LogP contribution in [0, 0.1) is 5.21 Å². The monoisotopic (exact) mass is 257 g/mol. The van der Waals surface area contributed by atoms with Gasteiger partial charge in [0, 0.05) is 6.07 Å². The molecule has 0 spiro atoms. The van der Waals surface area contributed by atoms with Gasteiger partial charge in [0.05, 0.1) is 12.7 Å². The molecule has 96 valence electrons. The molecule has 1 heterocycles. The van der Waals surface area contributed by atoms with Gasteiger partial charge in [0.25, 0.3) is 5.15 Å². The van der Waals surface area contributed by atoms with E-state index in [1.807, 2.05) is 0 Å². The zero-order chi connectivity index (χ0) is 12.5.